The van der Waals surface area contributed by atoms with Gasteiger partial charge < -0.3 is 10.9 Å². The number of aryl methyl sites for hydroxylation is 1. The highest BCUT2D eigenvalue weighted by Crippen LogP contribution is 2.32. The molecule has 0 aliphatic heterocycles. The van der Waals surface area contributed by atoms with E-state index in [1.165, 1.54) is 11.8 Å². The summed E-state index contributed by atoms with van der Waals surface area (Å²) in [7, 11) is 0. The molecule has 5 heteroatoms. The van der Waals surface area contributed by atoms with Crippen molar-refractivity contribution in [1.82, 2.24) is 0 Å². The van der Waals surface area contributed by atoms with Crippen molar-refractivity contribution in [3.8, 4) is 0 Å². The Balaban J connectivity index is 2.40. The summed E-state index contributed by atoms with van der Waals surface area (Å²) in [5, 5.41) is 12.6. The zero-order valence-electron chi connectivity index (χ0n) is 10.3. The molecule has 0 amide bonds. The Hall–Kier alpha value is -1.65. The molecule has 0 fully saturated rings. The summed E-state index contributed by atoms with van der Waals surface area (Å²) < 4.78 is 0. The fourth-order valence-corrected chi connectivity index (χ4v) is 2.90. The smallest absolute Gasteiger partial charge is 0.171 e. The molecule has 0 unspecified atom stereocenters. The largest absolute Gasteiger partial charge is 0.409 e. The second-order valence-corrected chi connectivity index (χ2v) is 5.60. The van der Waals surface area contributed by atoms with E-state index in [9.17, 15) is 0 Å². The van der Waals surface area contributed by atoms with E-state index in [0.29, 0.717) is 10.6 Å². The van der Waals surface area contributed by atoms with Gasteiger partial charge in [0.15, 0.2) is 5.84 Å². The van der Waals surface area contributed by atoms with Crippen molar-refractivity contribution >= 4 is 29.2 Å². The Morgan fingerprint density at radius 1 is 1.26 bits per heavy atom. The van der Waals surface area contributed by atoms with Gasteiger partial charge in [-0.05, 0) is 37.3 Å². The SMILES string of the molecule is Cc1ccc(Sc2cccc(Cl)c2)c(/C(N)=N/O)c1. The zero-order chi connectivity index (χ0) is 13.8. The minimum Gasteiger partial charge on any atom is -0.409 e. The highest BCUT2D eigenvalue weighted by atomic mass is 35.5. The fraction of sp³-hybridized carbons (Fsp3) is 0.0714. The first-order valence-electron chi connectivity index (χ1n) is 5.62. The van der Waals surface area contributed by atoms with Gasteiger partial charge in [0.05, 0.1) is 0 Å². The van der Waals surface area contributed by atoms with E-state index in [4.69, 9.17) is 22.5 Å². The number of oxime groups is 1. The number of hydrogen-bond donors (Lipinski definition) is 2. The molecule has 19 heavy (non-hydrogen) atoms. The van der Waals surface area contributed by atoms with Crippen molar-refractivity contribution in [2.75, 3.05) is 0 Å². The third-order valence-electron chi connectivity index (χ3n) is 2.54. The molecule has 2 rings (SSSR count). The summed E-state index contributed by atoms with van der Waals surface area (Å²) in [6, 6.07) is 13.4. The molecule has 0 saturated carbocycles. The molecule has 0 atom stereocenters. The molecule has 0 spiro atoms. The summed E-state index contributed by atoms with van der Waals surface area (Å²) >= 11 is 7.49. The molecule has 0 aliphatic carbocycles. The van der Waals surface area contributed by atoms with E-state index in [1.54, 1.807) is 0 Å². The summed E-state index contributed by atoms with van der Waals surface area (Å²) in [5.41, 5.74) is 7.48. The molecular formula is C14H13ClN2OS. The van der Waals surface area contributed by atoms with Crippen LogP contribution in [0.4, 0.5) is 0 Å². The summed E-state index contributed by atoms with van der Waals surface area (Å²) in [6.07, 6.45) is 0. The van der Waals surface area contributed by atoms with Crippen LogP contribution in [0.2, 0.25) is 5.02 Å². The van der Waals surface area contributed by atoms with Gasteiger partial charge in [-0.25, -0.2) is 0 Å². The molecule has 3 N–H and O–H groups in total. The zero-order valence-corrected chi connectivity index (χ0v) is 11.9. The second kappa shape index (κ2) is 5.99. The van der Waals surface area contributed by atoms with Gasteiger partial charge in [-0.2, -0.15) is 0 Å². The minimum absolute atomic E-state index is 0.105. The van der Waals surface area contributed by atoms with Crippen LogP contribution in [0.3, 0.4) is 0 Å². The number of rotatable bonds is 3. The molecular weight excluding hydrogens is 280 g/mol. The van der Waals surface area contributed by atoms with Crippen LogP contribution in [0.15, 0.2) is 57.4 Å². The first-order valence-corrected chi connectivity index (χ1v) is 6.81. The van der Waals surface area contributed by atoms with Crippen molar-refractivity contribution < 1.29 is 5.21 Å². The van der Waals surface area contributed by atoms with E-state index in [-0.39, 0.29) is 5.84 Å². The lowest BCUT2D eigenvalue weighted by molar-refractivity contribution is 0.318. The van der Waals surface area contributed by atoms with Gasteiger partial charge >= 0.3 is 0 Å². The van der Waals surface area contributed by atoms with Gasteiger partial charge in [-0.1, -0.05) is 46.2 Å². The second-order valence-electron chi connectivity index (χ2n) is 4.04. The Labute approximate surface area is 121 Å². The fourth-order valence-electron chi connectivity index (χ4n) is 1.64. The van der Waals surface area contributed by atoms with Gasteiger partial charge in [0, 0.05) is 20.4 Å². The van der Waals surface area contributed by atoms with Crippen LogP contribution in [0.5, 0.6) is 0 Å². The monoisotopic (exact) mass is 292 g/mol. The number of nitrogens with zero attached hydrogens (tertiary/aromatic N) is 1. The van der Waals surface area contributed by atoms with Crippen LogP contribution >= 0.6 is 23.4 Å². The predicted molar refractivity (Wildman–Crippen MR) is 79.3 cm³/mol. The van der Waals surface area contributed by atoms with Crippen molar-refractivity contribution in [2.24, 2.45) is 10.9 Å². The first-order chi connectivity index (χ1) is 9.10. The Morgan fingerprint density at radius 3 is 2.74 bits per heavy atom. The Morgan fingerprint density at radius 2 is 2.05 bits per heavy atom. The quantitative estimate of drug-likeness (QED) is 0.390. The molecule has 0 saturated heterocycles. The van der Waals surface area contributed by atoms with E-state index in [2.05, 4.69) is 5.16 Å². The number of halogens is 1. The third kappa shape index (κ3) is 3.43. The average Bonchev–Trinajstić information content (AvgIpc) is 2.40. The predicted octanol–water partition coefficient (Wildman–Crippen LogP) is 3.89. The molecule has 0 aromatic heterocycles. The third-order valence-corrected chi connectivity index (χ3v) is 3.84. The van der Waals surface area contributed by atoms with E-state index < -0.39 is 0 Å². The lowest BCUT2D eigenvalue weighted by Gasteiger charge is -2.09. The molecule has 2 aromatic carbocycles. The van der Waals surface area contributed by atoms with Crippen molar-refractivity contribution in [1.29, 1.82) is 0 Å². The molecule has 0 heterocycles. The van der Waals surface area contributed by atoms with E-state index in [0.717, 1.165) is 15.4 Å². The first kappa shape index (κ1) is 13.8. The molecule has 0 radical (unpaired) electrons. The van der Waals surface area contributed by atoms with Crippen LogP contribution in [0.25, 0.3) is 0 Å². The van der Waals surface area contributed by atoms with Crippen LogP contribution in [-0.2, 0) is 0 Å². The maximum atomic E-state index is 8.85. The summed E-state index contributed by atoms with van der Waals surface area (Å²) in [4.78, 5) is 1.92. The normalized spacial score (nSPS) is 11.6. The van der Waals surface area contributed by atoms with E-state index >= 15 is 0 Å². The highest BCUT2D eigenvalue weighted by Gasteiger charge is 2.09. The molecule has 2 aromatic rings. The Bertz CT molecular complexity index is 629. The molecule has 3 nitrogen and oxygen atoms in total. The van der Waals surface area contributed by atoms with Crippen molar-refractivity contribution in [2.45, 2.75) is 16.7 Å². The van der Waals surface area contributed by atoms with Crippen LogP contribution in [-0.4, -0.2) is 11.0 Å². The molecule has 98 valence electrons. The standard InChI is InChI=1S/C14H13ClN2OS/c1-9-5-6-13(12(7-9)14(16)17-18)19-11-4-2-3-10(15)8-11/h2-8,18H,1H3,(H2,16,17). The summed E-state index contributed by atoms with van der Waals surface area (Å²) in [5.74, 6) is 0.105. The average molecular weight is 293 g/mol. The molecule has 0 bridgehead atoms. The lowest BCUT2D eigenvalue weighted by atomic mass is 10.1. The highest BCUT2D eigenvalue weighted by molar-refractivity contribution is 7.99. The summed E-state index contributed by atoms with van der Waals surface area (Å²) in [6.45, 7) is 1.96. The topological polar surface area (TPSA) is 58.6 Å². The van der Waals surface area contributed by atoms with Crippen molar-refractivity contribution in [3.05, 3.63) is 58.6 Å². The van der Waals surface area contributed by atoms with Crippen LogP contribution in [0.1, 0.15) is 11.1 Å². The Kier molecular flexibility index (Phi) is 4.35. The van der Waals surface area contributed by atoms with Gasteiger partial charge in [0.25, 0.3) is 0 Å². The number of hydrogen-bond acceptors (Lipinski definition) is 3. The lowest BCUT2D eigenvalue weighted by Crippen LogP contribution is -2.14. The number of amidine groups is 1. The minimum atomic E-state index is 0.105. The number of benzene rings is 2. The van der Waals surface area contributed by atoms with Gasteiger partial charge in [0.1, 0.15) is 0 Å². The van der Waals surface area contributed by atoms with Crippen molar-refractivity contribution in [3.63, 3.8) is 0 Å². The maximum Gasteiger partial charge on any atom is 0.171 e. The number of nitrogens with two attached hydrogens (primary N) is 1. The van der Waals surface area contributed by atoms with Crippen LogP contribution < -0.4 is 5.73 Å². The van der Waals surface area contributed by atoms with E-state index in [1.807, 2.05) is 49.4 Å². The maximum absolute atomic E-state index is 8.85. The van der Waals surface area contributed by atoms with Gasteiger partial charge in [-0.15, -0.1) is 0 Å². The molecule has 0 aliphatic rings. The van der Waals surface area contributed by atoms with Crippen LogP contribution in [0, 0.1) is 6.92 Å². The van der Waals surface area contributed by atoms with Gasteiger partial charge in [-0.3, -0.25) is 0 Å². The van der Waals surface area contributed by atoms with Gasteiger partial charge in [0.2, 0.25) is 0 Å².